The van der Waals surface area contributed by atoms with E-state index in [-0.39, 0.29) is 6.03 Å². The number of rotatable bonds is 3. The van der Waals surface area contributed by atoms with E-state index in [9.17, 15) is 4.79 Å². The normalized spacial score (nSPS) is 9.00. The molecular weight excluding hydrogens is 158 g/mol. The number of amides is 2. The van der Waals surface area contributed by atoms with Gasteiger partial charge in [-0.25, -0.2) is 4.79 Å². The molecule has 5 nitrogen and oxygen atoms in total. The quantitative estimate of drug-likeness (QED) is 0.659. The molecular formula is C7H9N3O2. The summed E-state index contributed by atoms with van der Waals surface area (Å²) in [6.07, 6.45) is 3.03. The van der Waals surface area contributed by atoms with Gasteiger partial charge in [0.05, 0.1) is 6.20 Å². The van der Waals surface area contributed by atoms with Crippen molar-refractivity contribution >= 4 is 11.9 Å². The summed E-state index contributed by atoms with van der Waals surface area (Å²) in [4.78, 5) is 10.9. The largest absolute Gasteiger partial charge is 0.338 e. The van der Waals surface area contributed by atoms with E-state index in [0.29, 0.717) is 12.4 Å². The lowest BCUT2D eigenvalue weighted by Gasteiger charge is -2.00. The third-order valence-electron chi connectivity index (χ3n) is 1.08. The van der Waals surface area contributed by atoms with E-state index in [0.717, 1.165) is 0 Å². The second-order valence-corrected chi connectivity index (χ2v) is 2.00. The topological polar surface area (TPSA) is 67.2 Å². The van der Waals surface area contributed by atoms with Gasteiger partial charge in [-0.05, 0) is 0 Å². The van der Waals surface area contributed by atoms with Crippen molar-refractivity contribution in [2.45, 2.75) is 0 Å². The molecule has 2 N–H and O–H groups in total. The van der Waals surface area contributed by atoms with Gasteiger partial charge in [-0.2, -0.15) is 0 Å². The Morgan fingerprint density at radius 3 is 3.25 bits per heavy atom. The Hall–Kier alpha value is -1.78. The summed E-state index contributed by atoms with van der Waals surface area (Å²) in [6.45, 7) is 3.87. The highest BCUT2D eigenvalue weighted by molar-refractivity contribution is 5.87. The first-order chi connectivity index (χ1) is 5.83. The lowest BCUT2D eigenvalue weighted by atomic mass is 10.6. The van der Waals surface area contributed by atoms with Crippen LogP contribution in [0.2, 0.25) is 0 Å². The highest BCUT2D eigenvalue weighted by atomic mass is 16.5. The predicted molar refractivity (Wildman–Crippen MR) is 43.7 cm³/mol. The number of aromatic nitrogens is 1. The molecule has 0 atom stereocenters. The Morgan fingerprint density at radius 1 is 1.83 bits per heavy atom. The van der Waals surface area contributed by atoms with Crippen molar-refractivity contribution in [3.05, 3.63) is 24.9 Å². The summed E-state index contributed by atoms with van der Waals surface area (Å²) in [5.74, 6) is 0.316. The van der Waals surface area contributed by atoms with Crippen LogP contribution in [0.1, 0.15) is 0 Å². The highest BCUT2D eigenvalue weighted by Gasteiger charge is 2.01. The van der Waals surface area contributed by atoms with Crippen molar-refractivity contribution in [3.8, 4) is 0 Å². The van der Waals surface area contributed by atoms with Gasteiger partial charge in [0.2, 0.25) is 5.88 Å². The van der Waals surface area contributed by atoms with E-state index in [1.807, 2.05) is 0 Å². The highest BCUT2D eigenvalue weighted by Crippen LogP contribution is 2.01. The molecule has 0 aromatic carbocycles. The summed E-state index contributed by atoms with van der Waals surface area (Å²) in [5.41, 5.74) is 0. The molecule has 1 aromatic heterocycles. The second-order valence-electron chi connectivity index (χ2n) is 2.00. The number of hydrogen-bond donors (Lipinski definition) is 2. The molecule has 2 amide bonds. The van der Waals surface area contributed by atoms with Gasteiger partial charge < -0.3 is 9.84 Å². The Labute approximate surface area is 69.4 Å². The van der Waals surface area contributed by atoms with Crippen LogP contribution >= 0.6 is 0 Å². The molecule has 0 unspecified atom stereocenters. The van der Waals surface area contributed by atoms with Gasteiger partial charge in [0.1, 0.15) is 0 Å². The molecule has 0 saturated carbocycles. The lowest BCUT2D eigenvalue weighted by molar-refractivity contribution is 0.252. The van der Waals surface area contributed by atoms with Crippen LogP contribution in [0, 0.1) is 0 Å². The van der Waals surface area contributed by atoms with Crippen molar-refractivity contribution in [2.75, 3.05) is 11.9 Å². The Balaban J connectivity index is 2.32. The van der Waals surface area contributed by atoms with Gasteiger partial charge >= 0.3 is 6.03 Å². The number of carbonyl (C=O) groups excluding carboxylic acids is 1. The van der Waals surface area contributed by atoms with Gasteiger partial charge in [0.15, 0.2) is 0 Å². The van der Waals surface area contributed by atoms with Crippen LogP contribution < -0.4 is 10.6 Å². The number of carbonyl (C=O) groups is 1. The van der Waals surface area contributed by atoms with E-state index in [2.05, 4.69) is 26.9 Å². The first kappa shape index (κ1) is 8.32. The zero-order valence-corrected chi connectivity index (χ0v) is 6.41. The first-order valence-electron chi connectivity index (χ1n) is 3.39. The fourth-order valence-corrected chi connectivity index (χ4v) is 0.601. The van der Waals surface area contributed by atoms with Gasteiger partial charge in [-0.3, -0.25) is 5.32 Å². The van der Waals surface area contributed by atoms with Crippen molar-refractivity contribution in [2.24, 2.45) is 0 Å². The summed E-state index contributed by atoms with van der Waals surface area (Å²) in [5, 5.41) is 8.36. The Morgan fingerprint density at radius 2 is 2.67 bits per heavy atom. The number of anilines is 1. The number of hydrogen-bond acceptors (Lipinski definition) is 3. The van der Waals surface area contributed by atoms with Crippen molar-refractivity contribution in [1.82, 2.24) is 10.5 Å². The minimum atomic E-state index is -0.341. The minimum Gasteiger partial charge on any atom is -0.338 e. The number of nitrogens with one attached hydrogen (secondary N) is 2. The lowest BCUT2D eigenvalue weighted by Crippen LogP contribution is -2.28. The predicted octanol–water partition coefficient (Wildman–Crippen LogP) is 0.982. The third-order valence-corrected chi connectivity index (χ3v) is 1.08. The van der Waals surface area contributed by atoms with Crippen molar-refractivity contribution < 1.29 is 9.32 Å². The van der Waals surface area contributed by atoms with Gasteiger partial charge in [0, 0.05) is 12.6 Å². The maximum Gasteiger partial charge on any atom is 0.321 e. The zero-order valence-electron chi connectivity index (χ0n) is 6.41. The molecule has 0 saturated heterocycles. The minimum absolute atomic E-state index is 0.316. The standard InChI is InChI=1S/C7H9N3O2/c1-2-4-8-7(11)10-6-3-5-9-12-6/h2-3,5H,1,4H2,(H2,8,10,11). The summed E-state index contributed by atoms with van der Waals surface area (Å²) in [6, 6.07) is 1.21. The molecule has 1 heterocycles. The molecule has 1 rings (SSSR count). The van der Waals surface area contributed by atoms with Crippen LogP contribution in [-0.2, 0) is 0 Å². The summed E-state index contributed by atoms with van der Waals surface area (Å²) >= 11 is 0. The van der Waals surface area contributed by atoms with Crippen LogP contribution in [0.25, 0.3) is 0 Å². The number of nitrogens with zero attached hydrogens (tertiary/aromatic N) is 1. The maximum absolute atomic E-state index is 10.9. The molecule has 5 heteroatoms. The molecule has 12 heavy (non-hydrogen) atoms. The molecule has 0 bridgehead atoms. The Bertz CT molecular complexity index is 256. The van der Waals surface area contributed by atoms with Gasteiger partial charge in [-0.1, -0.05) is 11.2 Å². The molecule has 0 fully saturated rings. The fourth-order valence-electron chi connectivity index (χ4n) is 0.601. The van der Waals surface area contributed by atoms with E-state index in [4.69, 9.17) is 0 Å². The third kappa shape index (κ3) is 2.45. The molecule has 0 spiro atoms. The summed E-state index contributed by atoms with van der Waals surface area (Å²) in [7, 11) is 0. The van der Waals surface area contributed by atoms with E-state index in [1.54, 1.807) is 12.1 Å². The van der Waals surface area contributed by atoms with Crippen molar-refractivity contribution in [3.63, 3.8) is 0 Å². The van der Waals surface area contributed by atoms with Crippen LogP contribution in [-0.4, -0.2) is 17.7 Å². The molecule has 1 aromatic rings. The maximum atomic E-state index is 10.9. The van der Waals surface area contributed by atoms with E-state index in [1.165, 1.54) is 6.20 Å². The molecule has 0 aliphatic carbocycles. The fraction of sp³-hybridized carbons (Fsp3) is 0.143. The van der Waals surface area contributed by atoms with E-state index >= 15 is 0 Å². The number of urea groups is 1. The van der Waals surface area contributed by atoms with Gasteiger partial charge in [0.25, 0.3) is 0 Å². The SMILES string of the molecule is C=CCNC(=O)Nc1ccno1. The zero-order chi connectivity index (χ0) is 8.81. The van der Waals surface area contributed by atoms with Crippen LogP contribution in [0.4, 0.5) is 10.7 Å². The average Bonchev–Trinajstić information content (AvgIpc) is 2.53. The summed E-state index contributed by atoms with van der Waals surface area (Å²) < 4.78 is 4.64. The van der Waals surface area contributed by atoms with Crippen molar-refractivity contribution in [1.29, 1.82) is 0 Å². The molecule has 0 aliphatic rings. The Kier molecular flexibility index (Phi) is 2.89. The average molecular weight is 167 g/mol. The van der Waals surface area contributed by atoms with Crippen LogP contribution in [0.3, 0.4) is 0 Å². The second kappa shape index (κ2) is 4.17. The smallest absolute Gasteiger partial charge is 0.321 e. The van der Waals surface area contributed by atoms with Crippen LogP contribution in [0.5, 0.6) is 0 Å². The molecule has 0 aliphatic heterocycles. The van der Waals surface area contributed by atoms with Gasteiger partial charge in [-0.15, -0.1) is 6.58 Å². The first-order valence-corrected chi connectivity index (χ1v) is 3.39. The molecule has 0 radical (unpaired) electrons. The van der Waals surface area contributed by atoms with E-state index < -0.39 is 0 Å². The molecule has 64 valence electrons. The van der Waals surface area contributed by atoms with Crippen LogP contribution in [0.15, 0.2) is 29.4 Å². The monoisotopic (exact) mass is 167 g/mol.